The molecule has 2 amide bonds. The lowest BCUT2D eigenvalue weighted by atomic mass is 9.86. The number of alkyl halides is 3. The minimum absolute atomic E-state index is 0.0143. The van der Waals surface area contributed by atoms with Crippen molar-refractivity contribution < 1.29 is 37.0 Å². The number of amides is 2. The molecule has 0 bridgehead atoms. The van der Waals surface area contributed by atoms with Crippen LogP contribution in [0, 0.1) is 17.8 Å². The largest absolute Gasteiger partial charge is 0.573 e. The average molecular weight is 831 g/mol. The number of halogens is 3. The molecule has 16 heteroatoms. The molecule has 10 rings (SSSR count). The van der Waals surface area contributed by atoms with Crippen LogP contribution in [0.5, 0.6) is 17.2 Å². The number of carbonyl (C=O) groups is 2. The van der Waals surface area contributed by atoms with Gasteiger partial charge in [0.05, 0.1) is 18.0 Å². The van der Waals surface area contributed by atoms with Crippen molar-refractivity contribution in [2.45, 2.75) is 57.9 Å². The Morgan fingerprint density at radius 3 is 1.61 bits per heavy atom. The lowest BCUT2D eigenvalue weighted by molar-refractivity contribution is -0.274. The predicted octanol–water partition coefficient (Wildman–Crippen LogP) is 9.15. The second-order valence-electron chi connectivity index (χ2n) is 15.4. The number of nitrogens with zero attached hydrogens (tertiary/aromatic N) is 6. The SMILES string of the molecule is O=C(Nc1nc2cccc(-c3ccc(OCC4CCC4)cc3)n2n1)C1CC1.O=C(Nc1nc2cccc(-c3ccc(OCc4cccc(OC(F)(F)F)c4)cc3)n2n1)C1CC1. The van der Waals surface area contributed by atoms with Crippen LogP contribution in [-0.2, 0) is 16.2 Å². The zero-order valence-corrected chi connectivity index (χ0v) is 32.8. The monoisotopic (exact) mass is 830 g/mol. The van der Waals surface area contributed by atoms with E-state index in [4.69, 9.17) is 9.47 Å². The number of rotatable bonds is 13. The number of hydrogen-bond donors (Lipinski definition) is 2. The Morgan fingerprint density at radius 1 is 0.623 bits per heavy atom. The smallest absolute Gasteiger partial charge is 0.493 e. The maximum atomic E-state index is 12.4. The summed E-state index contributed by atoms with van der Waals surface area (Å²) in [6.07, 6.45) is 2.86. The number of nitrogens with one attached hydrogen (secondary N) is 2. The summed E-state index contributed by atoms with van der Waals surface area (Å²) in [5.74, 6) is 2.64. The average Bonchev–Trinajstić information content (AvgIpc) is 4.17. The molecule has 3 aromatic carbocycles. The fourth-order valence-corrected chi connectivity index (χ4v) is 6.79. The molecule has 3 aliphatic rings. The number of ether oxygens (including phenoxy) is 3. The molecule has 0 spiro atoms. The second-order valence-corrected chi connectivity index (χ2v) is 15.4. The molecule has 0 atom stereocenters. The van der Waals surface area contributed by atoms with Gasteiger partial charge in [-0.2, -0.15) is 9.97 Å². The highest BCUT2D eigenvalue weighted by atomic mass is 19.4. The first-order valence-electron chi connectivity index (χ1n) is 20.2. The van der Waals surface area contributed by atoms with E-state index in [1.54, 1.807) is 33.3 Å². The van der Waals surface area contributed by atoms with Gasteiger partial charge in [0.25, 0.3) is 0 Å². The van der Waals surface area contributed by atoms with Crippen LogP contribution in [0.4, 0.5) is 25.1 Å². The first-order valence-corrected chi connectivity index (χ1v) is 20.2. The van der Waals surface area contributed by atoms with Crippen LogP contribution in [0.25, 0.3) is 33.8 Å². The van der Waals surface area contributed by atoms with Gasteiger partial charge >= 0.3 is 6.36 Å². The Balaban J connectivity index is 0.000000160. The first-order chi connectivity index (χ1) is 29.6. The minimum atomic E-state index is -4.74. The minimum Gasteiger partial charge on any atom is -0.493 e. The van der Waals surface area contributed by atoms with E-state index < -0.39 is 6.36 Å². The maximum Gasteiger partial charge on any atom is 0.573 e. The van der Waals surface area contributed by atoms with E-state index in [9.17, 15) is 22.8 Å². The number of pyridine rings is 2. The standard InChI is InChI=1S/C24H19F3N4O3.C21H22N4O2/c25-24(26,27)34-19-4-1-3-15(13-19)14-33-18-11-9-16(10-12-18)20-5-2-6-21-28-23(30-31(20)21)29-22(32)17-7-8-17;26-20(16-7-8-16)23-21-22-19-6-2-5-18(25(19)24-21)15-9-11-17(12-10-15)27-13-14-3-1-4-14/h1-6,9-13,17H,7-8,14H2,(H,29,30,32);2,5-6,9-12,14,16H,1,3-4,7-8,13H2,(H,23,24,26). The highest BCUT2D eigenvalue weighted by Crippen LogP contribution is 2.32. The Labute approximate surface area is 347 Å². The van der Waals surface area contributed by atoms with Crippen LogP contribution < -0.4 is 24.8 Å². The van der Waals surface area contributed by atoms with Gasteiger partial charge in [-0.1, -0.05) is 30.7 Å². The third kappa shape index (κ3) is 9.91. The molecule has 2 N–H and O–H groups in total. The summed E-state index contributed by atoms with van der Waals surface area (Å²) in [5, 5.41) is 14.5. The molecule has 4 heterocycles. The molecule has 312 valence electrons. The fourth-order valence-electron chi connectivity index (χ4n) is 6.79. The van der Waals surface area contributed by atoms with Crippen LogP contribution in [-0.4, -0.2) is 54.0 Å². The summed E-state index contributed by atoms with van der Waals surface area (Å²) in [6, 6.07) is 32.3. The number of hydrogen-bond acceptors (Lipinski definition) is 9. The van der Waals surface area contributed by atoms with Crippen molar-refractivity contribution in [1.29, 1.82) is 0 Å². The molecule has 13 nitrogen and oxygen atoms in total. The zero-order valence-electron chi connectivity index (χ0n) is 32.8. The summed E-state index contributed by atoms with van der Waals surface area (Å²) >= 11 is 0. The van der Waals surface area contributed by atoms with Crippen molar-refractivity contribution in [3.8, 4) is 39.8 Å². The summed E-state index contributed by atoms with van der Waals surface area (Å²) in [7, 11) is 0. The lowest BCUT2D eigenvalue weighted by Crippen LogP contribution is -2.19. The zero-order chi connectivity index (χ0) is 41.9. The van der Waals surface area contributed by atoms with Crippen molar-refractivity contribution >= 4 is 35.0 Å². The fraction of sp³-hybridized carbons (Fsp3) is 0.289. The van der Waals surface area contributed by atoms with Gasteiger partial charge in [-0.05, 0) is 135 Å². The normalized spacial score (nSPS) is 15.1. The van der Waals surface area contributed by atoms with Gasteiger partial charge in [0.15, 0.2) is 11.3 Å². The van der Waals surface area contributed by atoms with Crippen LogP contribution in [0.1, 0.15) is 50.5 Å². The molecule has 3 fully saturated rings. The molecule has 7 aromatic rings. The van der Waals surface area contributed by atoms with E-state index >= 15 is 0 Å². The molecule has 0 radical (unpaired) electrons. The van der Waals surface area contributed by atoms with Crippen LogP contribution in [0.2, 0.25) is 0 Å². The van der Waals surface area contributed by atoms with Gasteiger partial charge in [0.2, 0.25) is 23.7 Å². The van der Waals surface area contributed by atoms with Gasteiger partial charge < -0.3 is 14.2 Å². The number of benzene rings is 3. The Morgan fingerprint density at radius 2 is 1.13 bits per heavy atom. The van der Waals surface area contributed by atoms with Crippen molar-refractivity contribution in [2.75, 3.05) is 17.2 Å². The lowest BCUT2D eigenvalue weighted by Gasteiger charge is -2.25. The van der Waals surface area contributed by atoms with Gasteiger partial charge in [0.1, 0.15) is 23.9 Å². The van der Waals surface area contributed by atoms with E-state index in [-0.39, 0.29) is 42.0 Å². The molecule has 0 aliphatic heterocycles. The maximum absolute atomic E-state index is 12.4. The van der Waals surface area contributed by atoms with Crippen LogP contribution >= 0.6 is 0 Å². The Hall–Kier alpha value is -6.97. The quantitative estimate of drug-likeness (QED) is 0.116. The highest BCUT2D eigenvalue weighted by Gasteiger charge is 2.32. The van der Waals surface area contributed by atoms with Gasteiger partial charge in [0, 0.05) is 23.0 Å². The summed E-state index contributed by atoms with van der Waals surface area (Å²) in [5.41, 5.74) is 5.44. The number of aromatic nitrogens is 6. The van der Waals surface area contributed by atoms with E-state index in [0.717, 1.165) is 66.5 Å². The molecule has 0 saturated heterocycles. The van der Waals surface area contributed by atoms with E-state index in [1.807, 2.05) is 66.7 Å². The van der Waals surface area contributed by atoms with Crippen molar-refractivity contribution in [1.82, 2.24) is 29.2 Å². The molecule has 3 saturated carbocycles. The number of anilines is 2. The van der Waals surface area contributed by atoms with E-state index in [2.05, 4.69) is 35.5 Å². The third-order valence-electron chi connectivity index (χ3n) is 10.6. The van der Waals surface area contributed by atoms with Crippen molar-refractivity contribution in [2.24, 2.45) is 17.8 Å². The molecule has 61 heavy (non-hydrogen) atoms. The molecule has 3 aliphatic carbocycles. The number of fused-ring (bicyclic) bond motifs is 2. The third-order valence-corrected chi connectivity index (χ3v) is 10.6. The predicted molar refractivity (Wildman–Crippen MR) is 220 cm³/mol. The molecular weight excluding hydrogens is 790 g/mol. The van der Waals surface area contributed by atoms with Crippen molar-refractivity contribution in [3.63, 3.8) is 0 Å². The molecule has 0 unspecified atom stereocenters. The topological polar surface area (TPSA) is 146 Å². The first kappa shape index (κ1) is 39.5. The van der Waals surface area contributed by atoms with Gasteiger partial charge in [-0.3, -0.25) is 20.2 Å². The van der Waals surface area contributed by atoms with Crippen LogP contribution in [0.3, 0.4) is 0 Å². The summed E-state index contributed by atoms with van der Waals surface area (Å²) in [4.78, 5) is 32.8. The van der Waals surface area contributed by atoms with Crippen LogP contribution in [0.15, 0.2) is 109 Å². The Bertz CT molecular complexity index is 2670. The van der Waals surface area contributed by atoms with E-state index in [0.29, 0.717) is 28.6 Å². The van der Waals surface area contributed by atoms with E-state index in [1.165, 1.54) is 37.5 Å². The summed E-state index contributed by atoms with van der Waals surface area (Å²) < 4.78 is 56.2. The summed E-state index contributed by atoms with van der Waals surface area (Å²) in [6.45, 7) is 0.888. The van der Waals surface area contributed by atoms with Crippen molar-refractivity contribution in [3.05, 3.63) is 115 Å². The molecular formula is C45H41F3N8O5. The van der Waals surface area contributed by atoms with Gasteiger partial charge in [-0.25, -0.2) is 9.03 Å². The number of carbonyl (C=O) groups excluding carboxylic acids is 2. The highest BCUT2D eigenvalue weighted by molar-refractivity contribution is 5.93. The second kappa shape index (κ2) is 17.0. The molecule has 4 aromatic heterocycles. The Kier molecular flexibility index (Phi) is 11.0. The van der Waals surface area contributed by atoms with Gasteiger partial charge in [-0.15, -0.1) is 23.4 Å².